The van der Waals surface area contributed by atoms with E-state index in [1.54, 1.807) is 47.4 Å². The maximum absolute atomic E-state index is 13.9. The Hall–Kier alpha value is -3.51. The first-order chi connectivity index (χ1) is 19.0. The Labute approximate surface area is 239 Å². The van der Waals surface area contributed by atoms with Gasteiger partial charge in [0.15, 0.2) is 10.7 Å². The molecule has 0 amide bonds. The molecule has 0 radical (unpaired) electrons. The highest BCUT2D eigenvalue weighted by molar-refractivity contribution is 7.22. The molecule has 4 aromatic rings. The highest BCUT2D eigenvalue weighted by Crippen LogP contribution is 2.39. The van der Waals surface area contributed by atoms with Gasteiger partial charge in [0.25, 0.3) is 0 Å². The SMILES string of the molecule is CC(C)(Oc1ccc(CCN(Cc2ccc(C(F)(F)F)cc2C(F)(F)F)c2nc3ccc(Cl)cc3s2)cc1)C(=O)O. The standard InChI is InChI=1S/C28H23ClF6N2O3S/c1-26(2,24(38)39)40-20-8-3-16(4-9-20)11-12-37(25-36-22-10-7-19(29)14-23(22)41-25)15-17-5-6-18(27(30,31)32)13-21(17)28(33,34)35/h3-10,13-14H,11-12,15H2,1-2H3,(H,38,39). The Bertz CT molecular complexity index is 1550. The second-order valence-electron chi connectivity index (χ2n) is 9.71. The van der Waals surface area contributed by atoms with Crippen LogP contribution in [-0.2, 0) is 30.1 Å². The van der Waals surface area contributed by atoms with Gasteiger partial charge in [0.1, 0.15) is 5.75 Å². The summed E-state index contributed by atoms with van der Waals surface area (Å²) in [5.74, 6) is -0.823. The van der Waals surface area contributed by atoms with Gasteiger partial charge >= 0.3 is 18.3 Å². The second-order valence-corrected chi connectivity index (χ2v) is 11.2. The lowest BCUT2D eigenvalue weighted by Crippen LogP contribution is -2.37. The van der Waals surface area contributed by atoms with Crippen molar-refractivity contribution in [2.24, 2.45) is 0 Å². The van der Waals surface area contributed by atoms with E-state index in [9.17, 15) is 36.2 Å². The van der Waals surface area contributed by atoms with Gasteiger partial charge in [-0.25, -0.2) is 9.78 Å². The number of aromatic nitrogens is 1. The Morgan fingerprint density at radius 1 is 0.976 bits per heavy atom. The molecule has 0 saturated heterocycles. The van der Waals surface area contributed by atoms with Crippen LogP contribution in [0.3, 0.4) is 0 Å². The number of hydrogen-bond acceptors (Lipinski definition) is 5. The summed E-state index contributed by atoms with van der Waals surface area (Å²) in [6.07, 6.45) is -9.61. The third-order valence-electron chi connectivity index (χ3n) is 6.20. The highest BCUT2D eigenvalue weighted by atomic mass is 35.5. The third kappa shape index (κ3) is 7.42. The quantitative estimate of drug-likeness (QED) is 0.191. The van der Waals surface area contributed by atoms with Crippen LogP contribution in [0.2, 0.25) is 5.02 Å². The van der Waals surface area contributed by atoms with E-state index in [4.69, 9.17) is 16.3 Å². The number of carboxylic acids is 1. The zero-order valence-corrected chi connectivity index (χ0v) is 23.2. The molecule has 0 aliphatic rings. The molecule has 0 spiro atoms. The van der Waals surface area contributed by atoms with Gasteiger partial charge < -0.3 is 14.7 Å². The van der Waals surface area contributed by atoms with E-state index in [0.29, 0.717) is 38.6 Å². The highest BCUT2D eigenvalue weighted by Gasteiger charge is 2.38. The topological polar surface area (TPSA) is 62.7 Å². The number of aliphatic carboxylic acids is 1. The Morgan fingerprint density at radius 3 is 2.27 bits per heavy atom. The van der Waals surface area contributed by atoms with Gasteiger partial charge in [-0.05, 0) is 73.9 Å². The number of thiazole rings is 1. The second kappa shape index (κ2) is 11.4. The molecule has 0 saturated carbocycles. The van der Waals surface area contributed by atoms with E-state index in [2.05, 4.69) is 4.98 Å². The van der Waals surface area contributed by atoms with Gasteiger partial charge in [0.05, 0.1) is 21.3 Å². The predicted octanol–water partition coefficient (Wildman–Crippen LogP) is 8.48. The number of fused-ring (bicyclic) bond motifs is 1. The lowest BCUT2D eigenvalue weighted by atomic mass is 10.0. The van der Waals surface area contributed by atoms with Crippen LogP contribution >= 0.6 is 22.9 Å². The van der Waals surface area contributed by atoms with Gasteiger partial charge in [-0.15, -0.1) is 0 Å². The van der Waals surface area contributed by atoms with Crippen molar-refractivity contribution in [3.05, 3.63) is 87.9 Å². The van der Waals surface area contributed by atoms with Crippen molar-refractivity contribution in [3.63, 3.8) is 0 Å². The third-order valence-corrected chi connectivity index (χ3v) is 7.51. The summed E-state index contributed by atoms with van der Waals surface area (Å²) in [7, 11) is 0. The number of ether oxygens (including phenoxy) is 1. The molecule has 218 valence electrons. The van der Waals surface area contributed by atoms with Crippen molar-refractivity contribution >= 4 is 44.3 Å². The number of carbonyl (C=O) groups is 1. The minimum Gasteiger partial charge on any atom is -0.478 e. The van der Waals surface area contributed by atoms with Crippen LogP contribution in [0.1, 0.15) is 36.1 Å². The normalized spacial score (nSPS) is 12.5. The lowest BCUT2D eigenvalue weighted by molar-refractivity contribution is -0.152. The zero-order chi connectivity index (χ0) is 30.2. The molecule has 3 aromatic carbocycles. The van der Waals surface area contributed by atoms with Gasteiger partial charge in [-0.3, -0.25) is 0 Å². The van der Waals surface area contributed by atoms with Crippen LogP contribution in [0.5, 0.6) is 5.75 Å². The number of anilines is 1. The molecule has 4 rings (SSSR count). The first-order valence-corrected chi connectivity index (χ1v) is 13.3. The van der Waals surface area contributed by atoms with Gasteiger partial charge in [0, 0.05) is 18.1 Å². The van der Waals surface area contributed by atoms with E-state index < -0.39 is 35.0 Å². The number of nitrogens with zero attached hydrogens (tertiary/aromatic N) is 2. The summed E-state index contributed by atoms with van der Waals surface area (Å²) in [5, 5.41) is 10.1. The number of alkyl halides is 6. The average Bonchev–Trinajstić information content (AvgIpc) is 3.29. The number of carboxylic acid groups (broad SMARTS) is 1. The van der Waals surface area contributed by atoms with Gasteiger partial charge in [0.2, 0.25) is 0 Å². The van der Waals surface area contributed by atoms with Crippen LogP contribution in [0.4, 0.5) is 31.5 Å². The fraction of sp³-hybridized carbons (Fsp3) is 0.286. The molecule has 0 bridgehead atoms. The van der Waals surface area contributed by atoms with E-state index in [0.717, 1.165) is 11.6 Å². The largest absolute Gasteiger partial charge is 0.478 e. The predicted molar refractivity (Wildman–Crippen MR) is 145 cm³/mol. The first kappa shape index (κ1) is 30.4. The monoisotopic (exact) mass is 616 g/mol. The molecule has 0 aliphatic carbocycles. The molecule has 13 heteroatoms. The average molecular weight is 617 g/mol. The van der Waals surface area contributed by atoms with Crippen LogP contribution < -0.4 is 9.64 Å². The summed E-state index contributed by atoms with van der Waals surface area (Å²) in [6, 6.07) is 13.2. The molecular formula is C28H23ClF6N2O3S. The summed E-state index contributed by atoms with van der Waals surface area (Å²) in [5.41, 5.74) is -3.20. The molecule has 1 aromatic heterocycles. The Kier molecular flexibility index (Phi) is 8.47. The van der Waals surface area contributed by atoms with Crippen LogP contribution in [0.25, 0.3) is 10.2 Å². The molecule has 1 N–H and O–H groups in total. The van der Waals surface area contributed by atoms with Crippen LogP contribution in [0, 0.1) is 0 Å². The van der Waals surface area contributed by atoms with Crippen molar-refractivity contribution in [2.45, 2.75) is 44.8 Å². The summed E-state index contributed by atoms with van der Waals surface area (Å²) in [6.45, 7) is 2.63. The molecule has 41 heavy (non-hydrogen) atoms. The van der Waals surface area contributed by atoms with E-state index in [-0.39, 0.29) is 24.7 Å². The zero-order valence-electron chi connectivity index (χ0n) is 21.6. The summed E-state index contributed by atoms with van der Waals surface area (Å²) >= 11 is 7.28. The van der Waals surface area contributed by atoms with E-state index in [1.807, 2.05) is 0 Å². The van der Waals surface area contributed by atoms with Gasteiger partial charge in [-0.1, -0.05) is 41.1 Å². The number of benzene rings is 3. The molecule has 0 unspecified atom stereocenters. The molecule has 1 heterocycles. The minimum atomic E-state index is -5.01. The fourth-order valence-electron chi connectivity index (χ4n) is 3.95. The van der Waals surface area contributed by atoms with Crippen molar-refractivity contribution in [2.75, 3.05) is 11.4 Å². The Morgan fingerprint density at radius 2 is 1.66 bits per heavy atom. The van der Waals surface area contributed by atoms with Crippen molar-refractivity contribution in [3.8, 4) is 5.75 Å². The van der Waals surface area contributed by atoms with Crippen molar-refractivity contribution in [1.82, 2.24) is 4.98 Å². The van der Waals surface area contributed by atoms with E-state index >= 15 is 0 Å². The summed E-state index contributed by atoms with van der Waals surface area (Å²) < 4.78 is 87.4. The van der Waals surface area contributed by atoms with Crippen molar-refractivity contribution < 1.29 is 41.0 Å². The van der Waals surface area contributed by atoms with Crippen LogP contribution in [-0.4, -0.2) is 28.2 Å². The Balaban J connectivity index is 1.64. The van der Waals surface area contributed by atoms with Gasteiger partial charge in [-0.2, -0.15) is 26.3 Å². The molecule has 5 nitrogen and oxygen atoms in total. The summed E-state index contributed by atoms with van der Waals surface area (Å²) in [4.78, 5) is 17.4. The lowest BCUT2D eigenvalue weighted by Gasteiger charge is -2.25. The fourth-order valence-corrected chi connectivity index (χ4v) is 5.22. The maximum atomic E-state index is 13.9. The number of halogens is 7. The molecule has 0 fully saturated rings. The smallest absolute Gasteiger partial charge is 0.416 e. The number of rotatable bonds is 9. The van der Waals surface area contributed by atoms with E-state index in [1.165, 1.54) is 25.2 Å². The van der Waals surface area contributed by atoms with Crippen molar-refractivity contribution in [1.29, 1.82) is 0 Å². The maximum Gasteiger partial charge on any atom is 0.416 e. The first-order valence-electron chi connectivity index (χ1n) is 12.1. The molecular weight excluding hydrogens is 594 g/mol. The number of hydrogen-bond donors (Lipinski definition) is 1. The van der Waals surface area contributed by atoms with Crippen LogP contribution in [0.15, 0.2) is 60.7 Å². The molecule has 0 atom stereocenters. The minimum absolute atomic E-state index is 0.128. The molecule has 0 aliphatic heterocycles.